The number of hydrogen-bond donors (Lipinski definition) is 0. The molecule has 5 heterocycles. The van der Waals surface area contributed by atoms with Gasteiger partial charge in [-0.05, 0) is 29.7 Å². The van der Waals surface area contributed by atoms with Crippen LogP contribution in [-0.4, -0.2) is 14.4 Å². The number of imidazole rings is 1. The average molecular weight is 729 g/mol. The minimum atomic E-state index is -0.258. The van der Waals surface area contributed by atoms with Gasteiger partial charge in [-0.3, -0.25) is 4.98 Å². The van der Waals surface area contributed by atoms with E-state index in [1.54, 1.807) is 0 Å². The Kier molecular flexibility index (Phi) is 6.51. The maximum atomic E-state index is 6.49. The van der Waals surface area contributed by atoms with E-state index in [2.05, 4.69) is 119 Å². The van der Waals surface area contributed by atoms with Gasteiger partial charge in [-0.15, -0.1) is 41.7 Å². The van der Waals surface area contributed by atoms with Gasteiger partial charge in [0.1, 0.15) is 5.82 Å². The average Bonchev–Trinajstić information content (AvgIpc) is 3.74. The van der Waals surface area contributed by atoms with Crippen LogP contribution in [0.1, 0.15) is 25.0 Å². The number of para-hydroxylation sites is 1. The molecule has 232 valence electrons. The second-order valence-electron chi connectivity index (χ2n) is 12.5. The van der Waals surface area contributed by atoms with E-state index >= 15 is 0 Å². The summed E-state index contributed by atoms with van der Waals surface area (Å²) in [6, 6.07) is 43.0. The predicted molar refractivity (Wildman–Crippen MR) is 192 cm³/mol. The Morgan fingerprint density at radius 3 is 2.44 bits per heavy atom. The molecule has 10 rings (SSSR count). The van der Waals surface area contributed by atoms with Crippen molar-refractivity contribution in [2.24, 2.45) is 0 Å². The third-order valence-corrected chi connectivity index (χ3v) is 10.7. The molecule has 0 bridgehead atoms. The van der Waals surface area contributed by atoms with Crippen LogP contribution in [0.15, 0.2) is 122 Å². The molecule has 0 spiro atoms. The summed E-state index contributed by atoms with van der Waals surface area (Å²) in [5, 5.41) is 5.74. The number of nitrogens with zero attached hydrogens (tertiary/aromatic N) is 4. The van der Waals surface area contributed by atoms with E-state index in [-0.39, 0.29) is 25.8 Å². The van der Waals surface area contributed by atoms with E-state index in [1.165, 1.54) is 31.3 Å². The molecule has 5 nitrogen and oxygen atoms in total. The van der Waals surface area contributed by atoms with Crippen molar-refractivity contribution < 1.29 is 25.2 Å². The normalized spacial score (nSPS) is 13.6. The first-order valence-corrected chi connectivity index (χ1v) is 16.5. The summed E-state index contributed by atoms with van der Waals surface area (Å²) < 4.78 is 11.2. The van der Waals surface area contributed by atoms with E-state index in [4.69, 9.17) is 9.72 Å². The molecule has 0 aliphatic carbocycles. The van der Waals surface area contributed by atoms with Crippen LogP contribution in [-0.2, 0) is 25.8 Å². The Bertz CT molecular complexity index is 2730. The van der Waals surface area contributed by atoms with Crippen LogP contribution in [0.4, 0.5) is 17.2 Å². The standard InChI is InChI=1S/C41H26N4OS.Pd/c1-41(2)33-13-8-20-42-40(33)45(35-19-18-31-30-12-4-6-15-36(30)47-38(31)37(35)41)25-9-7-10-26(23-25)46-27-16-17-28-29-11-3-5-14-34(29)44-22-21-43-39(44)32(28)24-27;/h3-22H,1-2H3;/q-2;+2. The molecule has 0 N–H and O–H groups in total. The van der Waals surface area contributed by atoms with Gasteiger partial charge >= 0.3 is 20.4 Å². The number of hydrogen-bond acceptors (Lipinski definition) is 5. The largest absolute Gasteiger partial charge is 2.00 e. The number of thiophene rings is 1. The molecule has 0 atom stereocenters. The van der Waals surface area contributed by atoms with E-state index < -0.39 is 0 Å². The van der Waals surface area contributed by atoms with Gasteiger partial charge in [0.25, 0.3) is 0 Å². The Balaban J connectivity index is 0.00000314. The van der Waals surface area contributed by atoms with E-state index in [1.807, 2.05) is 54.2 Å². The fraction of sp³-hybridized carbons (Fsp3) is 0.0732. The van der Waals surface area contributed by atoms with Crippen molar-refractivity contribution in [3.05, 3.63) is 145 Å². The number of fused-ring (bicyclic) bond motifs is 12. The molecule has 7 heteroatoms. The van der Waals surface area contributed by atoms with Crippen molar-refractivity contribution in [3.63, 3.8) is 0 Å². The molecule has 0 amide bonds. The zero-order chi connectivity index (χ0) is 31.3. The molecule has 0 saturated heterocycles. The van der Waals surface area contributed by atoms with Crippen LogP contribution in [0.2, 0.25) is 0 Å². The topological polar surface area (TPSA) is 42.7 Å². The third kappa shape index (κ3) is 4.12. The molecular formula is C41H26N4OPdS. The zero-order valence-electron chi connectivity index (χ0n) is 26.0. The van der Waals surface area contributed by atoms with Crippen LogP contribution in [0, 0.1) is 12.1 Å². The van der Waals surface area contributed by atoms with Gasteiger partial charge < -0.3 is 14.0 Å². The Hall–Kier alpha value is -5.06. The molecule has 1 aliphatic heterocycles. The smallest absolute Gasteiger partial charge is 0.503 e. The van der Waals surface area contributed by atoms with Gasteiger partial charge in [0.15, 0.2) is 0 Å². The predicted octanol–water partition coefficient (Wildman–Crippen LogP) is 10.9. The Labute approximate surface area is 294 Å². The number of pyridine rings is 2. The molecule has 0 unspecified atom stereocenters. The van der Waals surface area contributed by atoms with Crippen molar-refractivity contribution in [1.29, 1.82) is 0 Å². The molecule has 5 aromatic carbocycles. The van der Waals surface area contributed by atoms with Crippen molar-refractivity contribution in [1.82, 2.24) is 14.4 Å². The third-order valence-electron chi connectivity index (χ3n) is 9.51. The molecule has 4 aromatic heterocycles. The fourth-order valence-corrected chi connectivity index (χ4v) is 8.80. The maximum Gasteiger partial charge on any atom is 2.00 e. The van der Waals surface area contributed by atoms with E-state index in [0.717, 1.165) is 44.5 Å². The number of anilines is 3. The molecule has 0 radical (unpaired) electrons. The van der Waals surface area contributed by atoms with Crippen LogP contribution in [0.5, 0.6) is 11.5 Å². The molecule has 0 fully saturated rings. The number of rotatable bonds is 3. The summed E-state index contributed by atoms with van der Waals surface area (Å²) in [4.78, 5) is 11.8. The number of ether oxygens (including phenoxy) is 1. The first-order chi connectivity index (χ1) is 23.1. The van der Waals surface area contributed by atoms with Gasteiger partial charge in [0.2, 0.25) is 0 Å². The van der Waals surface area contributed by atoms with Crippen molar-refractivity contribution in [3.8, 4) is 11.5 Å². The van der Waals surface area contributed by atoms with Gasteiger partial charge in [0, 0.05) is 72.3 Å². The van der Waals surface area contributed by atoms with Crippen LogP contribution >= 0.6 is 11.3 Å². The summed E-state index contributed by atoms with van der Waals surface area (Å²) in [6.45, 7) is 4.62. The quantitative estimate of drug-likeness (QED) is 0.103. The number of benzene rings is 5. The van der Waals surface area contributed by atoms with E-state index in [0.29, 0.717) is 11.5 Å². The number of aromatic nitrogens is 3. The first kappa shape index (κ1) is 29.1. The molecular weight excluding hydrogens is 703 g/mol. The van der Waals surface area contributed by atoms with Crippen molar-refractivity contribution in [2.75, 3.05) is 4.90 Å². The Morgan fingerprint density at radius 2 is 1.52 bits per heavy atom. The van der Waals surface area contributed by atoms with Crippen molar-refractivity contribution >= 4 is 76.0 Å². The summed E-state index contributed by atoms with van der Waals surface area (Å²) in [5.41, 5.74) is 6.16. The second kappa shape index (κ2) is 10.7. The summed E-state index contributed by atoms with van der Waals surface area (Å²) in [5.74, 6) is 2.12. The van der Waals surface area contributed by atoms with E-state index in [9.17, 15) is 0 Å². The van der Waals surface area contributed by atoms with Crippen LogP contribution in [0.3, 0.4) is 0 Å². The van der Waals surface area contributed by atoms with Gasteiger partial charge in [0.05, 0.1) is 11.3 Å². The van der Waals surface area contributed by atoms with Gasteiger partial charge in [-0.25, -0.2) is 4.98 Å². The monoisotopic (exact) mass is 728 g/mol. The fourth-order valence-electron chi connectivity index (χ4n) is 7.40. The first-order valence-electron chi connectivity index (χ1n) is 15.7. The van der Waals surface area contributed by atoms with Crippen molar-refractivity contribution in [2.45, 2.75) is 19.3 Å². The molecule has 48 heavy (non-hydrogen) atoms. The summed E-state index contributed by atoms with van der Waals surface area (Å²) in [7, 11) is 0. The van der Waals surface area contributed by atoms with Gasteiger partial charge in [-0.2, -0.15) is 6.07 Å². The van der Waals surface area contributed by atoms with Gasteiger partial charge in [-0.1, -0.05) is 84.9 Å². The second-order valence-corrected chi connectivity index (χ2v) is 13.6. The van der Waals surface area contributed by atoms with Crippen LogP contribution < -0.4 is 9.64 Å². The zero-order valence-corrected chi connectivity index (χ0v) is 28.3. The minimum absolute atomic E-state index is 0. The van der Waals surface area contributed by atoms with Crippen LogP contribution in [0.25, 0.3) is 47.5 Å². The summed E-state index contributed by atoms with van der Waals surface area (Å²) in [6.07, 6.45) is 5.69. The molecule has 0 saturated carbocycles. The summed E-state index contributed by atoms with van der Waals surface area (Å²) >= 11 is 1.87. The SMILES string of the molecule is CC1(C)c2cccnc2N(c2[c-]c(Oc3[c-]c4c(cc3)c3ccccc3n3ccnc43)ccc2)c2ccc3c(sc4ccccc43)c21.[Pd+2]. The molecule has 9 aromatic rings. The minimum Gasteiger partial charge on any atom is -0.503 e. The Morgan fingerprint density at radius 1 is 0.708 bits per heavy atom. The molecule has 1 aliphatic rings. The maximum absolute atomic E-state index is 6.49.